The summed E-state index contributed by atoms with van der Waals surface area (Å²) in [5.41, 5.74) is 2.96. The van der Waals surface area contributed by atoms with Gasteiger partial charge >= 0.3 is 5.63 Å². The molecule has 1 aromatic heterocycles. The number of nitrogens with one attached hydrogen (secondary N) is 1. The average molecular weight is 443 g/mol. The van der Waals surface area contributed by atoms with Crippen LogP contribution in [-0.4, -0.2) is 26.7 Å². The zero-order chi connectivity index (χ0) is 23.4. The fourth-order valence-corrected chi connectivity index (χ4v) is 3.80. The van der Waals surface area contributed by atoms with E-state index in [9.17, 15) is 9.59 Å². The number of benzene rings is 3. The predicted molar refractivity (Wildman–Crippen MR) is 128 cm³/mol. The van der Waals surface area contributed by atoms with Crippen molar-refractivity contribution in [1.82, 2.24) is 5.32 Å². The van der Waals surface area contributed by atoms with Gasteiger partial charge < -0.3 is 19.2 Å². The lowest BCUT2D eigenvalue weighted by Crippen LogP contribution is -2.27. The van der Waals surface area contributed by atoms with Gasteiger partial charge in [-0.3, -0.25) is 4.79 Å². The summed E-state index contributed by atoms with van der Waals surface area (Å²) in [6, 6.07) is 20.6. The number of fused-ring (bicyclic) bond motifs is 1. The van der Waals surface area contributed by atoms with Gasteiger partial charge in [-0.05, 0) is 42.7 Å². The lowest BCUT2D eigenvalue weighted by atomic mass is 9.97. The SMILES string of the molecule is COc1ccc(CCNC(=O)c2oc(=O)c3ccccc3c2-c2ccc(C)cc2)cc1OC. The van der Waals surface area contributed by atoms with Crippen molar-refractivity contribution in [2.75, 3.05) is 20.8 Å². The molecule has 1 amide bonds. The number of carbonyl (C=O) groups is 1. The summed E-state index contributed by atoms with van der Waals surface area (Å²) >= 11 is 0. The summed E-state index contributed by atoms with van der Waals surface area (Å²) < 4.78 is 16.1. The summed E-state index contributed by atoms with van der Waals surface area (Å²) in [5.74, 6) is 0.846. The van der Waals surface area contributed by atoms with Crippen molar-refractivity contribution in [3.8, 4) is 22.6 Å². The van der Waals surface area contributed by atoms with Crippen LogP contribution in [0.5, 0.6) is 11.5 Å². The van der Waals surface area contributed by atoms with Gasteiger partial charge in [-0.2, -0.15) is 0 Å². The van der Waals surface area contributed by atoms with Crippen molar-refractivity contribution in [2.45, 2.75) is 13.3 Å². The van der Waals surface area contributed by atoms with Crippen LogP contribution in [0.1, 0.15) is 21.7 Å². The van der Waals surface area contributed by atoms with Crippen molar-refractivity contribution in [1.29, 1.82) is 0 Å². The number of hydrogen-bond donors (Lipinski definition) is 1. The Morgan fingerprint density at radius 2 is 1.61 bits per heavy atom. The number of hydrogen-bond acceptors (Lipinski definition) is 5. The highest BCUT2D eigenvalue weighted by Gasteiger charge is 2.21. The number of rotatable bonds is 7. The van der Waals surface area contributed by atoms with Crippen molar-refractivity contribution in [2.24, 2.45) is 0 Å². The molecule has 6 nitrogen and oxygen atoms in total. The highest BCUT2D eigenvalue weighted by atomic mass is 16.5. The Morgan fingerprint density at radius 3 is 2.30 bits per heavy atom. The maximum atomic E-state index is 13.1. The Balaban J connectivity index is 1.64. The van der Waals surface area contributed by atoms with Crippen LogP contribution in [-0.2, 0) is 6.42 Å². The van der Waals surface area contributed by atoms with Crippen LogP contribution in [0.2, 0.25) is 0 Å². The second kappa shape index (κ2) is 9.61. The molecule has 0 spiro atoms. The van der Waals surface area contributed by atoms with E-state index in [2.05, 4.69) is 5.32 Å². The van der Waals surface area contributed by atoms with Gasteiger partial charge in [-0.1, -0.05) is 54.1 Å². The molecule has 0 aliphatic carbocycles. The molecule has 0 atom stereocenters. The molecule has 4 rings (SSSR count). The molecular formula is C27H25NO5. The molecule has 0 saturated heterocycles. The quantitative estimate of drug-likeness (QED) is 0.446. The second-order valence-corrected chi connectivity index (χ2v) is 7.70. The Hall–Kier alpha value is -4.06. The van der Waals surface area contributed by atoms with Gasteiger partial charge in [0.1, 0.15) is 0 Å². The Bertz CT molecular complexity index is 1360. The molecule has 0 saturated carbocycles. The molecule has 4 aromatic rings. The number of amides is 1. The standard InChI is InChI=1S/C27H25NO5/c1-17-8-11-19(12-9-17)24-20-6-4-5-7-21(20)27(30)33-25(24)26(29)28-15-14-18-10-13-22(31-2)23(16-18)32-3/h4-13,16H,14-15H2,1-3H3,(H,28,29). The highest BCUT2D eigenvalue weighted by molar-refractivity contribution is 6.07. The first-order valence-corrected chi connectivity index (χ1v) is 10.6. The fraction of sp³-hybridized carbons (Fsp3) is 0.185. The number of aryl methyl sites for hydroxylation is 1. The monoisotopic (exact) mass is 443 g/mol. The maximum absolute atomic E-state index is 13.1. The smallest absolute Gasteiger partial charge is 0.344 e. The van der Waals surface area contributed by atoms with E-state index in [0.29, 0.717) is 40.8 Å². The number of methoxy groups -OCH3 is 2. The van der Waals surface area contributed by atoms with Gasteiger partial charge in [0.15, 0.2) is 11.5 Å². The maximum Gasteiger partial charge on any atom is 0.344 e. The third-order valence-corrected chi connectivity index (χ3v) is 5.53. The Morgan fingerprint density at radius 1 is 0.909 bits per heavy atom. The number of carbonyl (C=O) groups excluding carboxylic acids is 1. The molecule has 0 bridgehead atoms. The largest absolute Gasteiger partial charge is 0.493 e. The molecule has 0 aliphatic rings. The van der Waals surface area contributed by atoms with E-state index < -0.39 is 11.5 Å². The fourth-order valence-electron chi connectivity index (χ4n) is 3.80. The summed E-state index contributed by atoms with van der Waals surface area (Å²) in [6.07, 6.45) is 0.573. The van der Waals surface area contributed by atoms with Crippen LogP contribution in [0.4, 0.5) is 0 Å². The zero-order valence-electron chi connectivity index (χ0n) is 18.8. The van der Waals surface area contributed by atoms with Gasteiger partial charge in [0, 0.05) is 17.5 Å². The van der Waals surface area contributed by atoms with Crippen LogP contribution in [0.3, 0.4) is 0 Å². The topological polar surface area (TPSA) is 77.8 Å². The lowest BCUT2D eigenvalue weighted by Gasteiger charge is -2.13. The normalized spacial score (nSPS) is 10.8. The van der Waals surface area contributed by atoms with Crippen LogP contribution in [0.15, 0.2) is 75.9 Å². The first-order valence-electron chi connectivity index (χ1n) is 10.6. The van der Waals surface area contributed by atoms with Crippen LogP contribution >= 0.6 is 0 Å². The Labute approximate surface area is 191 Å². The summed E-state index contributed by atoms with van der Waals surface area (Å²) in [5, 5.41) is 4.01. The molecule has 6 heteroatoms. The zero-order valence-corrected chi connectivity index (χ0v) is 18.8. The van der Waals surface area contributed by atoms with E-state index in [1.54, 1.807) is 26.4 Å². The molecule has 3 aromatic carbocycles. The minimum Gasteiger partial charge on any atom is -0.493 e. The van der Waals surface area contributed by atoms with E-state index in [0.717, 1.165) is 16.7 Å². The van der Waals surface area contributed by atoms with Crippen molar-refractivity contribution in [3.05, 3.63) is 94.0 Å². The van der Waals surface area contributed by atoms with Gasteiger partial charge in [0.25, 0.3) is 5.91 Å². The van der Waals surface area contributed by atoms with Crippen molar-refractivity contribution < 1.29 is 18.7 Å². The first-order chi connectivity index (χ1) is 16.0. The number of ether oxygens (including phenoxy) is 2. The minimum absolute atomic E-state index is 0.00913. The van der Waals surface area contributed by atoms with E-state index in [1.807, 2.05) is 61.5 Å². The molecule has 0 unspecified atom stereocenters. The molecule has 33 heavy (non-hydrogen) atoms. The van der Waals surface area contributed by atoms with Crippen LogP contribution < -0.4 is 20.4 Å². The molecule has 1 N–H and O–H groups in total. The van der Waals surface area contributed by atoms with Crippen molar-refractivity contribution in [3.63, 3.8) is 0 Å². The van der Waals surface area contributed by atoms with Gasteiger partial charge in [0.2, 0.25) is 5.76 Å². The molecule has 168 valence electrons. The second-order valence-electron chi connectivity index (χ2n) is 7.70. The minimum atomic E-state index is -0.536. The van der Waals surface area contributed by atoms with Crippen LogP contribution in [0, 0.1) is 6.92 Å². The van der Waals surface area contributed by atoms with Gasteiger partial charge in [0.05, 0.1) is 19.6 Å². The highest BCUT2D eigenvalue weighted by Crippen LogP contribution is 2.31. The van der Waals surface area contributed by atoms with E-state index in [4.69, 9.17) is 13.9 Å². The summed E-state index contributed by atoms with van der Waals surface area (Å²) in [7, 11) is 3.17. The van der Waals surface area contributed by atoms with Crippen molar-refractivity contribution >= 4 is 16.7 Å². The molecular weight excluding hydrogens is 418 g/mol. The first kappa shape index (κ1) is 22.1. The molecule has 0 fully saturated rings. The average Bonchev–Trinajstić information content (AvgIpc) is 2.84. The predicted octanol–water partition coefficient (Wildman–Crippen LogP) is 4.76. The Kier molecular flexibility index (Phi) is 6.45. The summed E-state index contributed by atoms with van der Waals surface area (Å²) in [4.78, 5) is 25.7. The van der Waals surface area contributed by atoms with E-state index >= 15 is 0 Å². The van der Waals surface area contributed by atoms with Gasteiger partial charge in [-0.25, -0.2) is 4.79 Å². The molecule has 1 heterocycles. The van der Waals surface area contributed by atoms with E-state index in [1.165, 1.54) is 0 Å². The molecule has 0 aliphatic heterocycles. The van der Waals surface area contributed by atoms with E-state index in [-0.39, 0.29) is 5.76 Å². The third-order valence-electron chi connectivity index (χ3n) is 5.53. The lowest BCUT2D eigenvalue weighted by molar-refractivity contribution is 0.0923. The van der Waals surface area contributed by atoms with Crippen LogP contribution in [0.25, 0.3) is 21.9 Å². The van der Waals surface area contributed by atoms with Gasteiger partial charge in [-0.15, -0.1) is 0 Å². The summed E-state index contributed by atoms with van der Waals surface area (Å²) in [6.45, 7) is 2.35. The third kappa shape index (κ3) is 4.60. The molecule has 0 radical (unpaired) electrons.